The molecule has 2 aromatic rings. The number of rotatable bonds is 2. The van der Waals surface area contributed by atoms with E-state index in [1.165, 1.54) is 11.3 Å². The molecule has 0 aliphatic carbocycles. The molecule has 19 heavy (non-hydrogen) atoms. The van der Waals surface area contributed by atoms with Gasteiger partial charge in [-0.25, -0.2) is 9.78 Å². The SMILES string of the molecule is CC(C)(C)c1nc(-c2ccccc2Br)sc1C(=O)O. The average Bonchev–Trinajstić information content (AvgIpc) is 2.74. The second-order valence-corrected chi connectivity index (χ2v) is 7.09. The van der Waals surface area contributed by atoms with E-state index in [4.69, 9.17) is 0 Å². The van der Waals surface area contributed by atoms with Gasteiger partial charge in [0, 0.05) is 15.5 Å². The Morgan fingerprint density at radius 2 is 1.95 bits per heavy atom. The average molecular weight is 340 g/mol. The summed E-state index contributed by atoms with van der Waals surface area (Å²) in [4.78, 5) is 16.2. The first-order valence-electron chi connectivity index (χ1n) is 5.80. The number of hydrogen-bond acceptors (Lipinski definition) is 3. The van der Waals surface area contributed by atoms with E-state index in [0.29, 0.717) is 10.6 Å². The molecule has 100 valence electrons. The molecule has 0 aliphatic rings. The highest BCUT2D eigenvalue weighted by atomic mass is 79.9. The minimum absolute atomic E-state index is 0.288. The van der Waals surface area contributed by atoms with Gasteiger partial charge in [-0.2, -0.15) is 0 Å². The van der Waals surface area contributed by atoms with Crippen LogP contribution in [0.25, 0.3) is 10.6 Å². The molecule has 3 nitrogen and oxygen atoms in total. The number of hydrogen-bond donors (Lipinski definition) is 1. The fourth-order valence-electron chi connectivity index (χ4n) is 1.72. The lowest BCUT2D eigenvalue weighted by molar-refractivity contribution is 0.0699. The molecular formula is C14H14BrNO2S. The third-order valence-electron chi connectivity index (χ3n) is 2.64. The first-order chi connectivity index (χ1) is 8.80. The van der Waals surface area contributed by atoms with Crippen LogP contribution in [-0.2, 0) is 5.41 Å². The smallest absolute Gasteiger partial charge is 0.347 e. The summed E-state index contributed by atoms with van der Waals surface area (Å²) in [6.45, 7) is 5.91. The third-order valence-corrected chi connectivity index (χ3v) is 4.40. The molecule has 0 spiro atoms. The molecule has 0 bridgehead atoms. The highest BCUT2D eigenvalue weighted by Crippen LogP contribution is 2.37. The Balaban J connectivity index is 2.62. The van der Waals surface area contributed by atoms with Gasteiger partial charge < -0.3 is 5.11 Å². The maximum atomic E-state index is 11.4. The maximum absolute atomic E-state index is 11.4. The fourth-order valence-corrected chi connectivity index (χ4v) is 3.48. The molecule has 1 heterocycles. The van der Waals surface area contributed by atoms with Gasteiger partial charge in [-0.1, -0.05) is 54.9 Å². The van der Waals surface area contributed by atoms with Crippen LogP contribution in [-0.4, -0.2) is 16.1 Å². The van der Waals surface area contributed by atoms with Crippen LogP contribution in [0.1, 0.15) is 36.1 Å². The van der Waals surface area contributed by atoms with Gasteiger partial charge in [0.05, 0.1) is 5.69 Å². The molecule has 0 amide bonds. The summed E-state index contributed by atoms with van der Waals surface area (Å²) >= 11 is 4.69. The van der Waals surface area contributed by atoms with Gasteiger partial charge in [0.2, 0.25) is 0 Å². The topological polar surface area (TPSA) is 50.2 Å². The Morgan fingerprint density at radius 1 is 1.32 bits per heavy atom. The molecule has 1 N–H and O–H groups in total. The summed E-state index contributed by atoms with van der Waals surface area (Å²) in [7, 11) is 0. The van der Waals surface area contributed by atoms with E-state index in [0.717, 1.165) is 15.0 Å². The van der Waals surface area contributed by atoms with Crippen molar-refractivity contribution < 1.29 is 9.90 Å². The van der Waals surface area contributed by atoms with Gasteiger partial charge in [0.15, 0.2) is 0 Å². The molecular weight excluding hydrogens is 326 g/mol. The van der Waals surface area contributed by atoms with Crippen LogP contribution in [0.15, 0.2) is 28.7 Å². The van der Waals surface area contributed by atoms with Crippen LogP contribution in [0.5, 0.6) is 0 Å². The number of carboxylic acids is 1. The molecule has 0 atom stereocenters. The Labute approximate surface area is 124 Å². The molecule has 0 saturated carbocycles. The number of aromatic carboxylic acids is 1. The van der Waals surface area contributed by atoms with Crippen LogP contribution in [0, 0.1) is 0 Å². The Kier molecular flexibility index (Phi) is 3.78. The van der Waals surface area contributed by atoms with Gasteiger partial charge in [-0.05, 0) is 6.07 Å². The molecule has 0 radical (unpaired) electrons. The zero-order valence-electron chi connectivity index (χ0n) is 10.9. The summed E-state index contributed by atoms with van der Waals surface area (Å²) < 4.78 is 0.918. The number of halogens is 1. The first kappa shape index (κ1) is 14.2. The lowest BCUT2D eigenvalue weighted by Crippen LogP contribution is -2.16. The van der Waals surface area contributed by atoms with Gasteiger partial charge in [0.25, 0.3) is 0 Å². The minimum Gasteiger partial charge on any atom is -0.477 e. The van der Waals surface area contributed by atoms with Crippen LogP contribution in [0.3, 0.4) is 0 Å². The Hall–Kier alpha value is -1.20. The second-order valence-electron chi connectivity index (χ2n) is 5.23. The molecule has 5 heteroatoms. The van der Waals surface area contributed by atoms with Crippen LogP contribution >= 0.6 is 27.3 Å². The summed E-state index contributed by atoms with van der Waals surface area (Å²) in [5.41, 5.74) is 1.27. The summed E-state index contributed by atoms with van der Waals surface area (Å²) in [5, 5.41) is 10.0. The summed E-state index contributed by atoms with van der Waals surface area (Å²) in [5.74, 6) is -0.916. The van der Waals surface area contributed by atoms with Crippen molar-refractivity contribution in [3.63, 3.8) is 0 Å². The van der Waals surface area contributed by atoms with Crippen LogP contribution in [0.4, 0.5) is 0 Å². The van der Waals surface area contributed by atoms with E-state index in [-0.39, 0.29) is 5.41 Å². The van der Waals surface area contributed by atoms with E-state index in [1.807, 2.05) is 45.0 Å². The number of carboxylic acid groups (broad SMARTS) is 1. The van der Waals surface area contributed by atoms with Crippen molar-refractivity contribution in [2.75, 3.05) is 0 Å². The number of nitrogens with zero attached hydrogens (tertiary/aromatic N) is 1. The Morgan fingerprint density at radius 3 is 2.42 bits per heavy atom. The van der Waals surface area contributed by atoms with Crippen molar-refractivity contribution >= 4 is 33.2 Å². The summed E-state index contributed by atoms with van der Waals surface area (Å²) in [6.07, 6.45) is 0. The van der Waals surface area contributed by atoms with Gasteiger partial charge in [0.1, 0.15) is 9.88 Å². The minimum atomic E-state index is -0.916. The van der Waals surface area contributed by atoms with Gasteiger partial charge >= 0.3 is 5.97 Å². The third kappa shape index (κ3) is 2.87. The standard InChI is InChI=1S/C14H14BrNO2S/c1-14(2,3)11-10(13(17)18)19-12(16-11)8-6-4-5-7-9(8)15/h4-7H,1-3H3,(H,17,18). The predicted molar refractivity (Wildman–Crippen MR) is 80.9 cm³/mol. The van der Waals surface area contributed by atoms with Crippen molar-refractivity contribution in [3.05, 3.63) is 39.3 Å². The van der Waals surface area contributed by atoms with Crippen LogP contribution in [0.2, 0.25) is 0 Å². The zero-order chi connectivity index (χ0) is 14.2. The molecule has 0 saturated heterocycles. The van der Waals surface area contributed by atoms with Crippen molar-refractivity contribution in [1.29, 1.82) is 0 Å². The number of benzene rings is 1. The number of aromatic nitrogens is 1. The van der Waals surface area contributed by atoms with E-state index in [1.54, 1.807) is 0 Å². The lowest BCUT2D eigenvalue weighted by Gasteiger charge is -2.16. The number of carbonyl (C=O) groups is 1. The molecule has 0 unspecified atom stereocenters. The monoisotopic (exact) mass is 339 g/mol. The van der Waals surface area contributed by atoms with Crippen molar-refractivity contribution in [2.45, 2.75) is 26.2 Å². The molecule has 0 aliphatic heterocycles. The normalized spacial score (nSPS) is 11.6. The van der Waals surface area contributed by atoms with E-state index in [2.05, 4.69) is 20.9 Å². The highest BCUT2D eigenvalue weighted by Gasteiger charge is 2.27. The van der Waals surface area contributed by atoms with Crippen LogP contribution < -0.4 is 0 Å². The summed E-state index contributed by atoms with van der Waals surface area (Å²) in [6, 6.07) is 7.69. The molecule has 0 fully saturated rings. The maximum Gasteiger partial charge on any atom is 0.347 e. The largest absolute Gasteiger partial charge is 0.477 e. The molecule has 2 rings (SSSR count). The quantitative estimate of drug-likeness (QED) is 0.871. The molecule has 1 aromatic heterocycles. The molecule has 1 aromatic carbocycles. The number of thiazole rings is 1. The van der Waals surface area contributed by atoms with Gasteiger partial charge in [-0.15, -0.1) is 11.3 Å². The highest BCUT2D eigenvalue weighted by molar-refractivity contribution is 9.10. The van der Waals surface area contributed by atoms with E-state index < -0.39 is 5.97 Å². The Bertz CT molecular complexity index is 629. The zero-order valence-corrected chi connectivity index (χ0v) is 13.3. The predicted octanol–water partition coefficient (Wildman–Crippen LogP) is 4.57. The van der Waals surface area contributed by atoms with Crippen molar-refractivity contribution in [1.82, 2.24) is 4.98 Å². The lowest BCUT2D eigenvalue weighted by atomic mass is 9.91. The van der Waals surface area contributed by atoms with E-state index in [9.17, 15) is 9.90 Å². The fraction of sp³-hybridized carbons (Fsp3) is 0.286. The van der Waals surface area contributed by atoms with Gasteiger partial charge in [-0.3, -0.25) is 0 Å². The second kappa shape index (κ2) is 5.06. The van der Waals surface area contributed by atoms with E-state index >= 15 is 0 Å². The van der Waals surface area contributed by atoms with Crippen molar-refractivity contribution in [3.8, 4) is 10.6 Å². The first-order valence-corrected chi connectivity index (χ1v) is 7.41. The van der Waals surface area contributed by atoms with Crippen molar-refractivity contribution in [2.24, 2.45) is 0 Å².